The van der Waals surface area contributed by atoms with Crippen molar-refractivity contribution in [3.8, 4) is 17.2 Å². The van der Waals surface area contributed by atoms with Gasteiger partial charge in [0.1, 0.15) is 23.9 Å². The molecule has 5 heteroatoms. The zero-order valence-electron chi connectivity index (χ0n) is 12.1. The Morgan fingerprint density at radius 1 is 0.952 bits per heavy atom. The summed E-state index contributed by atoms with van der Waals surface area (Å²) in [5.41, 5.74) is 1.01. The van der Waals surface area contributed by atoms with Crippen LogP contribution in [0.2, 0.25) is 0 Å². The molecule has 0 aliphatic rings. The summed E-state index contributed by atoms with van der Waals surface area (Å²) in [4.78, 5) is 0. The van der Waals surface area contributed by atoms with Crippen molar-refractivity contribution >= 4 is 21.6 Å². The van der Waals surface area contributed by atoms with Crippen molar-refractivity contribution in [2.75, 3.05) is 32.7 Å². The molecule has 0 amide bonds. The second-order valence-corrected chi connectivity index (χ2v) is 5.15. The van der Waals surface area contributed by atoms with Gasteiger partial charge in [0.25, 0.3) is 0 Å². The van der Waals surface area contributed by atoms with E-state index < -0.39 is 0 Å². The Morgan fingerprint density at radius 3 is 2.29 bits per heavy atom. The number of benzene rings is 2. The van der Waals surface area contributed by atoms with E-state index in [0.29, 0.717) is 13.2 Å². The van der Waals surface area contributed by atoms with Crippen LogP contribution in [0.3, 0.4) is 0 Å². The van der Waals surface area contributed by atoms with Crippen LogP contribution >= 0.6 is 15.9 Å². The Balaban J connectivity index is 1.77. The fourth-order valence-corrected chi connectivity index (χ4v) is 2.35. The number of anilines is 1. The van der Waals surface area contributed by atoms with Crippen LogP contribution in [0.4, 0.5) is 5.69 Å². The molecule has 112 valence electrons. The Kier molecular flexibility index (Phi) is 5.75. The molecule has 0 saturated carbocycles. The summed E-state index contributed by atoms with van der Waals surface area (Å²) in [6.45, 7) is 1.29. The topological polar surface area (TPSA) is 39.7 Å². The van der Waals surface area contributed by atoms with E-state index in [-0.39, 0.29) is 0 Å². The van der Waals surface area contributed by atoms with Crippen LogP contribution in [0.15, 0.2) is 46.9 Å². The van der Waals surface area contributed by atoms with Crippen molar-refractivity contribution in [1.82, 2.24) is 0 Å². The van der Waals surface area contributed by atoms with E-state index in [1.807, 2.05) is 42.5 Å². The molecule has 0 spiro atoms. The minimum atomic E-state index is 0.579. The van der Waals surface area contributed by atoms with Gasteiger partial charge < -0.3 is 19.5 Å². The lowest BCUT2D eigenvalue weighted by atomic mass is 10.3. The van der Waals surface area contributed by atoms with Gasteiger partial charge in [-0.05, 0) is 58.4 Å². The van der Waals surface area contributed by atoms with E-state index in [1.165, 1.54) is 0 Å². The third kappa shape index (κ3) is 4.56. The molecule has 21 heavy (non-hydrogen) atoms. The number of hydrogen-bond acceptors (Lipinski definition) is 4. The summed E-state index contributed by atoms with van der Waals surface area (Å²) in [6.07, 6.45) is 0. The molecule has 0 radical (unpaired) electrons. The first-order chi connectivity index (χ1) is 10.2. The normalized spacial score (nSPS) is 10.0. The second-order valence-electron chi connectivity index (χ2n) is 4.30. The van der Waals surface area contributed by atoms with Gasteiger partial charge in [-0.1, -0.05) is 0 Å². The highest BCUT2D eigenvalue weighted by atomic mass is 79.9. The quantitative estimate of drug-likeness (QED) is 0.766. The maximum atomic E-state index is 5.65. The lowest BCUT2D eigenvalue weighted by Crippen LogP contribution is -2.11. The summed E-state index contributed by atoms with van der Waals surface area (Å²) in [7, 11) is 3.29. The molecule has 0 fully saturated rings. The van der Waals surface area contributed by atoms with Crippen molar-refractivity contribution in [2.24, 2.45) is 0 Å². The van der Waals surface area contributed by atoms with Gasteiger partial charge in [-0.2, -0.15) is 0 Å². The Morgan fingerprint density at radius 2 is 1.67 bits per heavy atom. The minimum Gasteiger partial charge on any atom is -0.497 e. The number of hydrogen-bond donors (Lipinski definition) is 1. The summed E-state index contributed by atoms with van der Waals surface area (Å²) in [6, 6.07) is 13.4. The highest BCUT2D eigenvalue weighted by Crippen LogP contribution is 2.27. The van der Waals surface area contributed by atoms with Crippen LogP contribution in [0.25, 0.3) is 0 Å². The van der Waals surface area contributed by atoms with E-state index in [1.54, 1.807) is 14.2 Å². The molecule has 0 unspecified atom stereocenters. The Bertz CT molecular complexity index is 572. The number of nitrogens with one attached hydrogen (secondary N) is 1. The number of ether oxygens (including phenoxy) is 3. The molecule has 2 aromatic rings. The summed E-state index contributed by atoms with van der Waals surface area (Å²) >= 11 is 3.46. The van der Waals surface area contributed by atoms with Gasteiger partial charge in [0.2, 0.25) is 0 Å². The fourth-order valence-electron chi connectivity index (χ4n) is 1.81. The first-order valence-electron chi connectivity index (χ1n) is 6.57. The van der Waals surface area contributed by atoms with Gasteiger partial charge in [0.05, 0.1) is 18.7 Å². The Labute approximate surface area is 133 Å². The summed E-state index contributed by atoms with van der Waals surface area (Å²) < 4.78 is 16.9. The average molecular weight is 352 g/mol. The van der Waals surface area contributed by atoms with Crippen LogP contribution in [0.5, 0.6) is 17.2 Å². The summed E-state index contributed by atoms with van der Waals surface area (Å²) in [5, 5.41) is 3.29. The van der Waals surface area contributed by atoms with Crippen LogP contribution < -0.4 is 19.5 Å². The van der Waals surface area contributed by atoms with Gasteiger partial charge in [-0.25, -0.2) is 0 Å². The molecule has 0 saturated heterocycles. The van der Waals surface area contributed by atoms with Crippen molar-refractivity contribution in [2.45, 2.75) is 0 Å². The van der Waals surface area contributed by atoms with Crippen LogP contribution in [-0.4, -0.2) is 27.4 Å². The lowest BCUT2D eigenvalue weighted by molar-refractivity contribution is 0.332. The lowest BCUT2D eigenvalue weighted by Gasteiger charge is -2.10. The first kappa shape index (κ1) is 15.5. The van der Waals surface area contributed by atoms with Crippen molar-refractivity contribution in [3.63, 3.8) is 0 Å². The zero-order chi connectivity index (χ0) is 15.1. The second kappa shape index (κ2) is 7.78. The van der Waals surface area contributed by atoms with E-state index in [9.17, 15) is 0 Å². The van der Waals surface area contributed by atoms with Gasteiger partial charge in [0.15, 0.2) is 0 Å². The molecule has 0 atom stereocenters. The van der Waals surface area contributed by atoms with E-state index in [0.717, 1.165) is 27.4 Å². The predicted molar refractivity (Wildman–Crippen MR) is 87.7 cm³/mol. The van der Waals surface area contributed by atoms with E-state index >= 15 is 0 Å². The Hall–Kier alpha value is -1.88. The van der Waals surface area contributed by atoms with Crippen LogP contribution in [0.1, 0.15) is 0 Å². The van der Waals surface area contributed by atoms with Gasteiger partial charge in [-0.3, -0.25) is 0 Å². The standard InChI is InChI=1S/C16H18BrNO3/c1-19-13-4-6-14(7-5-13)21-10-9-18-12-3-8-16(20-2)15(17)11-12/h3-8,11,18H,9-10H2,1-2H3. The zero-order valence-corrected chi connectivity index (χ0v) is 13.6. The molecule has 0 aliphatic heterocycles. The third-order valence-electron chi connectivity index (χ3n) is 2.91. The minimum absolute atomic E-state index is 0.579. The van der Waals surface area contributed by atoms with Gasteiger partial charge in [-0.15, -0.1) is 0 Å². The van der Waals surface area contributed by atoms with E-state index in [2.05, 4.69) is 21.2 Å². The number of rotatable bonds is 7. The largest absolute Gasteiger partial charge is 0.497 e. The van der Waals surface area contributed by atoms with Crippen molar-refractivity contribution in [1.29, 1.82) is 0 Å². The molecule has 0 bridgehead atoms. The van der Waals surface area contributed by atoms with Crippen molar-refractivity contribution in [3.05, 3.63) is 46.9 Å². The summed E-state index contributed by atoms with van der Waals surface area (Å²) in [5.74, 6) is 2.46. The number of methoxy groups -OCH3 is 2. The number of halogens is 1. The SMILES string of the molecule is COc1ccc(OCCNc2ccc(OC)c(Br)c2)cc1. The van der Waals surface area contributed by atoms with Gasteiger partial charge >= 0.3 is 0 Å². The molecular formula is C16H18BrNO3. The predicted octanol–water partition coefficient (Wildman–Crippen LogP) is 3.96. The fraction of sp³-hybridized carbons (Fsp3) is 0.250. The molecule has 1 N–H and O–H groups in total. The highest BCUT2D eigenvalue weighted by molar-refractivity contribution is 9.10. The third-order valence-corrected chi connectivity index (χ3v) is 3.53. The molecule has 0 aliphatic carbocycles. The molecule has 2 rings (SSSR count). The molecule has 0 aromatic heterocycles. The molecular weight excluding hydrogens is 334 g/mol. The van der Waals surface area contributed by atoms with Crippen LogP contribution in [-0.2, 0) is 0 Å². The average Bonchev–Trinajstić information content (AvgIpc) is 2.52. The van der Waals surface area contributed by atoms with Gasteiger partial charge in [0, 0.05) is 12.2 Å². The van der Waals surface area contributed by atoms with Crippen LogP contribution in [0, 0.1) is 0 Å². The molecule has 0 heterocycles. The van der Waals surface area contributed by atoms with Crippen molar-refractivity contribution < 1.29 is 14.2 Å². The maximum absolute atomic E-state index is 5.65. The molecule has 2 aromatic carbocycles. The maximum Gasteiger partial charge on any atom is 0.133 e. The first-order valence-corrected chi connectivity index (χ1v) is 7.36. The highest BCUT2D eigenvalue weighted by Gasteiger charge is 2.01. The molecule has 4 nitrogen and oxygen atoms in total. The van der Waals surface area contributed by atoms with E-state index in [4.69, 9.17) is 14.2 Å². The smallest absolute Gasteiger partial charge is 0.133 e. The monoisotopic (exact) mass is 351 g/mol.